The van der Waals surface area contributed by atoms with E-state index in [1.807, 2.05) is 4.90 Å². The lowest BCUT2D eigenvalue weighted by Gasteiger charge is -2.34. The van der Waals surface area contributed by atoms with Crippen LogP contribution in [-0.4, -0.2) is 48.2 Å². The predicted octanol–water partition coefficient (Wildman–Crippen LogP) is 3.85. The Morgan fingerprint density at radius 1 is 1.23 bits per heavy atom. The largest absolute Gasteiger partial charge is 0.485 e. The van der Waals surface area contributed by atoms with Gasteiger partial charge in [0.2, 0.25) is 0 Å². The number of halogens is 3. The Labute approximate surface area is 184 Å². The van der Waals surface area contributed by atoms with Gasteiger partial charge in [-0.15, -0.1) is 0 Å². The molecule has 0 amide bonds. The number of morpholine rings is 1. The van der Waals surface area contributed by atoms with Gasteiger partial charge < -0.3 is 19.7 Å². The first-order valence-corrected chi connectivity index (χ1v) is 10.3. The van der Waals surface area contributed by atoms with E-state index in [9.17, 15) is 18.0 Å². The molecule has 9 heteroatoms. The van der Waals surface area contributed by atoms with Gasteiger partial charge in [0, 0.05) is 37.2 Å². The number of carbonyl (C=O) groups excluding carboxylic acids is 1. The quantitative estimate of drug-likeness (QED) is 0.509. The van der Waals surface area contributed by atoms with Gasteiger partial charge in [0.1, 0.15) is 18.5 Å². The van der Waals surface area contributed by atoms with Gasteiger partial charge in [0.25, 0.3) is 0 Å². The number of rotatable bonds is 7. The van der Waals surface area contributed by atoms with E-state index in [1.54, 1.807) is 25.1 Å². The van der Waals surface area contributed by atoms with Crippen molar-refractivity contribution in [3.8, 4) is 5.75 Å². The van der Waals surface area contributed by atoms with Crippen molar-refractivity contribution in [2.75, 3.05) is 26.3 Å². The van der Waals surface area contributed by atoms with Crippen LogP contribution in [0.2, 0.25) is 0 Å². The first kappa shape index (κ1) is 23.0. The zero-order valence-electron chi connectivity index (χ0n) is 17.0. The molecule has 3 rings (SSSR count). The van der Waals surface area contributed by atoms with Crippen LogP contribution in [0.1, 0.15) is 29.3 Å². The van der Waals surface area contributed by atoms with Crippen LogP contribution in [0, 0.1) is 17.5 Å². The van der Waals surface area contributed by atoms with Gasteiger partial charge in [-0.3, -0.25) is 4.79 Å². The molecule has 1 aliphatic heterocycles. The molecule has 1 saturated heterocycles. The molecule has 5 nitrogen and oxygen atoms in total. The molecular weight excluding hydrogens is 429 g/mol. The molecule has 0 aromatic heterocycles. The summed E-state index contributed by atoms with van der Waals surface area (Å²) in [4.78, 5) is 13.5. The van der Waals surface area contributed by atoms with Gasteiger partial charge in [0.15, 0.2) is 28.3 Å². The third kappa shape index (κ3) is 5.95. The van der Waals surface area contributed by atoms with E-state index in [-0.39, 0.29) is 36.7 Å². The first-order chi connectivity index (χ1) is 14.9. The Morgan fingerprint density at radius 2 is 1.94 bits per heavy atom. The van der Waals surface area contributed by atoms with Gasteiger partial charge in [-0.05, 0) is 30.4 Å². The topological polar surface area (TPSA) is 50.8 Å². The molecule has 166 valence electrons. The zero-order valence-corrected chi connectivity index (χ0v) is 17.8. The van der Waals surface area contributed by atoms with Crippen LogP contribution in [0.3, 0.4) is 0 Å². The van der Waals surface area contributed by atoms with E-state index in [2.05, 4.69) is 5.32 Å². The molecule has 0 radical (unpaired) electrons. The van der Waals surface area contributed by atoms with Crippen LogP contribution < -0.4 is 10.1 Å². The molecule has 1 N–H and O–H groups in total. The molecule has 1 aliphatic rings. The van der Waals surface area contributed by atoms with Crippen LogP contribution in [0.5, 0.6) is 5.75 Å². The van der Waals surface area contributed by atoms with Crippen molar-refractivity contribution in [2.24, 2.45) is 0 Å². The fraction of sp³-hybridized carbons (Fsp3) is 0.364. The van der Waals surface area contributed by atoms with Crippen molar-refractivity contribution in [1.82, 2.24) is 10.2 Å². The summed E-state index contributed by atoms with van der Waals surface area (Å²) < 4.78 is 53.1. The fourth-order valence-electron chi connectivity index (χ4n) is 3.17. The summed E-state index contributed by atoms with van der Waals surface area (Å²) in [5.74, 6) is -3.10. The fourth-order valence-corrected chi connectivity index (χ4v) is 3.41. The molecule has 0 saturated carbocycles. The highest BCUT2D eigenvalue weighted by Crippen LogP contribution is 2.24. The SMILES string of the molecule is CCC(=O)c1cc(F)c(OCC2CN(C(=S)NCc3ccccc3F)CCO2)c(F)c1. The summed E-state index contributed by atoms with van der Waals surface area (Å²) in [6.07, 6.45) is -0.326. The van der Waals surface area contributed by atoms with Crippen molar-refractivity contribution in [3.05, 3.63) is 65.0 Å². The number of carbonyl (C=O) groups is 1. The number of hydrogen-bond acceptors (Lipinski definition) is 4. The lowest BCUT2D eigenvalue weighted by molar-refractivity contribution is -0.0299. The number of Topliss-reactive ketones (excluding diaryl/α,β-unsaturated/α-hetero) is 1. The minimum absolute atomic E-state index is 0.0313. The molecule has 1 fully saturated rings. The molecule has 31 heavy (non-hydrogen) atoms. The molecule has 1 heterocycles. The van der Waals surface area contributed by atoms with Crippen molar-refractivity contribution in [1.29, 1.82) is 0 Å². The summed E-state index contributed by atoms with van der Waals surface area (Å²) in [7, 11) is 0. The second-order valence-corrected chi connectivity index (χ2v) is 7.43. The third-order valence-corrected chi connectivity index (χ3v) is 5.27. The van der Waals surface area contributed by atoms with Crippen molar-refractivity contribution < 1.29 is 27.4 Å². The second-order valence-electron chi connectivity index (χ2n) is 7.05. The van der Waals surface area contributed by atoms with Crippen molar-refractivity contribution in [2.45, 2.75) is 26.0 Å². The normalized spacial score (nSPS) is 16.1. The number of ether oxygens (including phenoxy) is 2. The monoisotopic (exact) mass is 452 g/mol. The van der Waals surface area contributed by atoms with Crippen LogP contribution >= 0.6 is 12.2 Å². The summed E-state index contributed by atoms with van der Waals surface area (Å²) in [5, 5.41) is 3.44. The first-order valence-electron chi connectivity index (χ1n) is 9.91. The number of nitrogens with zero attached hydrogens (tertiary/aromatic N) is 1. The van der Waals surface area contributed by atoms with Crippen LogP contribution in [0.4, 0.5) is 13.2 Å². The lowest BCUT2D eigenvalue weighted by atomic mass is 10.1. The van der Waals surface area contributed by atoms with E-state index in [1.165, 1.54) is 6.07 Å². The summed E-state index contributed by atoms with van der Waals surface area (Å²) in [5.41, 5.74) is 0.463. The highest BCUT2D eigenvalue weighted by molar-refractivity contribution is 7.80. The van der Waals surface area contributed by atoms with Gasteiger partial charge >= 0.3 is 0 Å². The van der Waals surface area contributed by atoms with Crippen LogP contribution in [0.15, 0.2) is 36.4 Å². The molecule has 0 aliphatic carbocycles. The van der Waals surface area contributed by atoms with Gasteiger partial charge in [-0.1, -0.05) is 25.1 Å². The molecule has 0 spiro atoms. The minimum atomic E-state index is -0.938. The van der Waals surface area contributed by atoms with E-state index in [4.69, 9.17) is 21.7 Å². The van der Waals surface area contributed by atoms with Crippen LogP contribution in [-0.2, 0) is 11.3 Å². The number of thiocarbonyl (C=S) groups is 1. The molecular formula is C22H23F3N2O3S. The highest BCUT2D eigenvalue weighted by Gasteiger charge is 2.24. The predicted molar refractivity (Wildman–Crippen MR) is 114 cm³/mol. The average Bonchev–Trinajstić information content (AvgIpc) is 2.77. The Hall–Kier alpha value is -2.65. The third-order valence-electron chi connectivity index (χ3n) is 4.87. The minimum Gasteiger partial charge on any atom is -0.485 e. The number of hydrogen-bond donors (Lipinski definition) is 1. The van der Waals surface area contributed by atoms with Gasteiger partial charge in [-0.2, -0.15) is 0 Å². The molecule has 0 bridgehead atoms. The Balaban J connectivity index is 1.55. The summed E-state index contributed by atoms with van der Waals surface area (Å²) in [6, 6.07) is 8.35. The Kier molecular flexibility index (Phi) is 7.86. The maximum atomic E-state index is 14.2. The Morgan fingerprint density at radius 3 is 2.61 bits per heavy atom. The van der Waals surface area contributed by atoms with E-state index in [0.29, 0.717) is 30.4 Å². The van der Waals surface area contributed by atoms with E-state index >= 15 is 0 Å². The van der Waals surface area contributed by atoms with Crippen molar-refractivity contribution >= 4 is 23.1 Å². The molecule has 1 unspecified atom stereocenters. The summed E-state index contributed by atoms with van der Waals surface area (Å²) in [6.45, 7) is 2.98. The number of nitrogens with one attached hydrogen (secondary N) is 1. The molecule has 2 aromatic rings. The number of ketones is 1. The second kappa shape index (κ2) is 10.6. The van der Waals surface area contributed by atoms with E-state index in [0.717, 1.165) is 12.1 Å². The summed E-state index contributed by atoms with van der Waals surface area (Å²) >= 11 is 5.38. The maximum absolute atomic E-state index is 14.2. The highest BCUT2D eigenvalue weighted by atomic mass is 32.1. The number of benzene rings is 2. The van der Waals surface area contributed by atoms with Gasteiger partial charge in [-0.25, -0.2) is 13.2 Å². The zero-order chi connectivity index (χ0) is 22.4. The van der Waals surface area contributed by atoms with Crippen LogP contribution in [0.25, 0.3) is 0 Å². The van der Waals surface area contributed by atoms with Crippen molar-refractivity contribution in [3.63, 3.8) is 0 Å². The standard InChI is InChI=1S/C22H23F3N2O3S/c1-2-20(28)15-9-18(24)21(19(25)10-15)30-13-16-12-27(7-8-29-16)22(31)26-11-14-5-3-4-6-17(14)23/h3-6,9-10,16H,2,7-8,11-13H2,1H3,(H,26,31). The lowest BCUT2D eigenvalue weighted by Crippen LogP contribution is -2.50. The van der Waals surface area contributed by atoms with E-state index < -0.39 is 23.5 Å². The molecule has 2 aromatic carbocycles. The Bertz CT molecular complexity index is 934. The smallest absolute Gasteiger partial charge is 0.190 e. The molecule has 1 atom stereocenters. The van der Waals surface area contributed by atoms with Gasteiger partial charge in [0.05, 0.1) is 6.61 Å². The maximum Gasteiger partial charge on any atom is 0.190 e. The average molecular weight is 452 g/mol.